The largest absolute Gasteiger partial charge is 0.480 e. The molecule has 0 saturated carbocycles. The third-order valence-electron chi connectivity index (χ3n) is 16.5. The van der Waals surface area contributed by atoms with Crippen LogP contribution in [0, 0.1) is 5.92 Å². The zero-order chi connectivity index (χ0) is 71.3. The summed E-state index contributed by atoms with van der Waals surface area (Å²) < 4.78 is 0. The molecule has 0 spiro atoms. The molecule has 1 unspecified atom stereocenters. The average molecular weight is 1380 g/mol. The van der Waals surface area contributed by atoms with Crippen LogP contribution in [0.4, 0.5) is 0 Å². The van der Waals surface area contributed by atoms with Gasteiger partial charge in [-0.05, 0) is 68.4 Å². The first kappa shape index (κ1) is 78.7. The van der Waals surface area contributed by atoms with Gasteiger partial charge in [0.05, 0.1) is 30.5 Å². The number of β-amino-alcohol motifs (C(OH)–C–C–N with tert-alkyl or cyclic N) is 1. The Hall–Kier alpha value is -8.95. The number of aliphatic imine (C=N–C) groups is 2. The fourth-order valence-corrected chi connectivity index (χ4v) is 12.6. The summed E-state index contributed by atoms with van der Waals surface area (Å²) in [6.45, 7) is 4.10. The Morgan fingerprint density at radius 1 is 0.660 bits per heavy atom. The number of nitrogens with zero attached hydrogens (tertiary/aromatic N) is 5. The van der Waals surface area contributed by atoms with E-state index in [0.29, 0.717) is 30.5 Å². The van der Waals surface area contributed by atoms with Crippen molar-refractivity contribution in [3.63, 3.8) is 0 Å². The van der Waals surface area contributed by atoms with Crippen molar-refractivity contribution in [2.45, 2.75) is 183 Å². The molecular formula is C64H97N17O15S. The van der Waals surface area contributed by atoms with Gasteiger partial charge < -0.3 is 91.0 Å². The number of unbranched alkanes of at least 4 members (excludes halogenated alkanes) is 3. The van der Waals surface area contributed by atoms with Crippen molar-refractivity contribution < 1.29 is 72.9 Å². The van der Waals surface area contributed by atoms with Crippen LogP contribution in [0.2, 0.25) is 0 Å². The summed E-state index contributed by atoms with van der Waals surface area (Å²) in [6.07, 6.45) is 2.64. The summed E-state index contributed by atoms with van der Waals surface area (Å²) in [6, 6.07) is 4.61. The van der Waals surface area contributed by atoms with Crippen LogP contribution in [-0.4, -0.2) is 230 Å². The minimum Gasteiger partial charge on any atom is -0.480 e. The summed E-state index contributed by atoms with van der Waals surface area (Å²) in [5.41, 5.74) is 29.3. The number of amides is 11. The minimum absolute atomic E-state index is 0.00830. The third kappa shape index (κ3) is 25.5. The number of hydrogen-bond acceptors (Lipinski definition) is 18. The van der Waals surface area contributed by atoms with Gasteiger partial charge >= 0.3 is 5.97 Å². The molecule has 11 amide bonds. The first-order valence-corrected chi connectivity index (χ1v) is 33.9. The van der Waals surface area contributed by atoms with Gasteiger partial charge in [0.1, 0.15) is 48.3 Å². The van der Waals surface area contributed by atoms with Crippen molar-refractivity contribution in [3.05, 3.63) is 71.8 Å². The van der Waals surface area contributed by atoms with E-state index >= 15 is 0 Å². The number of hydrogen-bond donors (Lipinski definition) is 15. The highest BCUT2D eigenvalue weighted by molar-refractivity contribution is 8.00. The Morgan fingerprint density at radius 2 is 1.20 bits per heavy atom. The quantitative estimate of drug-likeness (QED) is 0.0133. The molecule has 32 nitrogen and oxygen atoms in total. The molecule has 0 bridgehead atoms. The maximum atomic E-state index is 14.6. The highest BCUT2D eigenvalue weighted by Crippen LogP contribution is 2.28. The zero-order valence-corrected chi connectivity index (χ0v) is 56.1. The smallest absolute Gasteiger partial charge is 0.326 e. The average Bonchev–Trinajstić information content (AvgIpc) is 1.67. The molecule has 3 heterocycles. The maximum Gasteiger partial charge on any atom is 0.326 e. The van der Waals surface area contributed by atoms with Gasteiger partial charge in [0.25, 0.3) is 0 Å². The number of nitrogens with one attached hydrogen (secondary N) is 7. The molecule has 5 rings (SSSR count). The number of aliphatic hydroxyl groups excluding tert-OH is 2. The second-order valence-corrected chi connectivity index (χ2v) is 26.0. The number of aliphatic hydroxyl groups is 2. The minimum atomic E-state index is -1.74. The van der Waals surface area contributed by atoms with Gasteiger partial charge in [-0.3, -0.25) is 67.6 Å². The van der Waals surface area contributed by atoms with E-state index in [1.807, 2.05) is 0 Å². The number of carboxylic acid groups (broad SMARTS) is 1. The van der Waals surface area contributed by atoms with Crippen molar-refractivity contribution in [1.29, 1.82) is 0 Å². The number of nitrogens with two attached hydrogens (primary N) is 5. The van der Waals surface area contributed by atoms with Crippen LogP contribution in [0.25, 0.3) is 0 Å². The summed E-state index contributed by atoms with van der Waals surface area (Å²) >= 11 is 1.07. The molecular weight excluding hydrogens is 1280 g/mol. The molecule has 0 radical (unpaired) electrons. The molecule has 33 heteroatoms. The number of imide groups is 1. The van der Waals surface area contributed by atoms with E-state index in [0.717, 1.165) is 35.9 Å². The van der Waals surface area contributed by atoms with Gasteiger partial charge in [0, 0.05) is 64.2 Å². The Bertz CT molecular complexity index is 3090. The Morgan fingerprint density at radius 3 is 1.76 bits per heavy atom. The van der Waals surface area contributed by atoms with E-state index in [9.17, 15) is 72.9 Å². The standard InChI is InChI=1S/C64H97N17O15S/c1-4-5-6-13-26-80-52(85)32-50(61(80)94)97-36-41(65)53(86)74-42(21-14-24-70-63(66)67)59(92)79-27-16-23-48(79)60(93)81-34-40(83)31-49(81)58(91)72-33-51(84)73-45(29-38-17-9-7-10-18-38)55(88)78-47(35-82)57(90)77-46(30-39-19-11-8-12-20-39)56(89)76-44(28-37(2)3)54(87)75-43(62(95)96)22-15-25-71-64(68)69/h7-12,17-20,37,40-50,82-83H,4-6,13-16,21-36,65H2,1-3H3,(H,72,91)(H,73,84)(H,74,86)(H,75,87)(H,76,89)(H,77,90)(H,78,88)(H,95,96)(H4,66,67,70)(H4,68,69,71)/t40-,41+,42+,43+,44+,45+,46-,47+,48+,49+,50?/m1/s1. The molecule has 0 aromatic heterocycles. The van der Waals surface area contributed by atoms with Crippen molar-refractivity contribution in [2.24, 2.45) is 44.6 Å². The van der Waals surface area contributed by atoms with Crippen LogP contribution in [0.1, 0.15) is 115 Å². The number of carbonyl (C=O) groups is 12. The molecule has 3 aliphatic heterocycles. The van der Waals surface area contributed by atoms with Crippen LogP contribution >= 0.6 is 11.8 Å². The van der Waals surface area contributed by atoms with E-state index in [2.05, 4.69) is 54.1 Å². The monoisotopic (exact) mass is 1380 g/mol. The zero-order valence-electron chi connectivity index (χ0n) is 55.2. The third-order valence-corrected chi connectivity index (χ3v) is 17.8. The molecule has 534 valence electrons. The van der Waals surface area contributed by atoms with E-state index in [-0.39, 0.29) is 126 Å². The van der Waals surface area contributed by atoms with Crippen molar-refractivity contribution in [3.8, 4) is 0 Å². The first-order valence-electron chi connectivity index (χ1n) is 32.8. The van der Waals surface area contributed by atoms with E-state index < -0.39 is 138 Å². The number of likely N-dealkylation sites (tertiary alicyclic amines) is 3. The lowest BCUT2D eigenvalue weighted by Gasteiger charge is -2.33. The summed E-state index contributed by atoms with van der Waals surface area (Å²) in [5, 5.41) is 48.6. The second kappa shape index (κ2) is 39.9. The Labute approximate surface area is 568 Å². The van der Waals surface area contributed by atoms with E-state index in [4.69, 9.17) is 28.7 Å². The van der Waals surface area contributed by atoms with E-state index in [1.165, 1.54) is 9.80 Å². The van der Waals surface area contributed by atoms with Crippen LogP contribution in [-0.2, 0) is 70.4 Å². The van der Waals surface area contributed by atoms with Crippen molar-refractivity contribution >= 4 is 94.6 Å². The highest BCUT2D eigenvalue weighted by atomic mass is 32.2. The number of aliphatic carboxylic acids is 1. The molecule has 11 atom stereocenters. The summed E-state index contributed by atoms with van der Waals surface area (Å²) in [4.78, 5) is 176. The molecule has 3 fully saturated rings. The number of guanidine groups is 2. The summed E-state index contributed by atoms with van der Waals surface area (Å²) in [7, 11) is 0. The predicted molar refractivity (Wildman–Crippen MR) is 359 cm³/mol. The molecule has 20 N–H and O–H groups in total. The van der Waals surface area contributed by atoms with E-state index in [1.54, 1.807) is 74.5 Å². The van der Waals surface area contributed by atoms with Gasteiger partial charge in [-0.1, -0.05) is 101 Å². The molecule has 2 aromatic rings. The Kier molecular flexibility index (Phi) is 32.4. The lowest BCUT2D eigenvalue weighted by molar-refractivity contribution is -0.148. The fraction of sp³-hybridized carbons (Fsp3) is 0.594. The molecule has 3 aliphatic rings. The van der Waals surface area contributed by atoms with Gasteiger partial charge in [0.15, 0.2) is 11.9 Å². The van der Waals surface area contributed by atoms with Crippen LogP contribution in [0.5, 0.6) is 0 Å². The summed E-state index contributed by atoms with van der Waals surface area (Å²) in [5.74, 6) is -10.1. The highest BCUT2D eigenvalue weighted by Gasteiger charge is 2.46. The maximum absolute atomic E-state index is 14.6. The predicted octanol–water partition coefficient (Wildman–Crippen LogP) is -3.55. The second-order valence-electron chi connectivity index (χ2n) is 24.7. The first-order chi connectivity index (χ1) is 46.2. The van der Waals surface area contributed by atoms with Crippen molar-refractivity contribution in [2.75, 3.05) is 51.6 Å². The van der Waals surface area contributed by atoms with Gasteiger partial charge in [-0.25, -0.2) is 4.79 Å². The molecule has 97 heavy (non-hydrogen) atoms. The van der Waals surface area contributed by atoms with Gasteiger partial charge in [0.2, 0.25) is 65.0 Å². The van der Waals surface area contributed by atoms with Crippen molar-refractivity contribution in [1.82, 2.24) is 51.9 Å². The van der Waals surface area contributed by atoms with Gasteiger partial charge in [-0.15, -0.1) is 11.8 Å². The van der Waals surface area contributed by atoms with Crippen LogP contribution in [0.15, 0.2) is 70.6 Å². The fourth-order valence-electron chi connectivity index (χ4n) is 11.4. The van der Waals surface area contributed by atoms with Crippen LogP contribution < -0.4 is 65.9 Å². The Balaban J connectivity index is 1.24. The SMILES string of the molecule is CCCCCCN1C(=O)CC(SC[C@H](N)C(=O)N[C@@H](CCCN=C(N)N)C(=O)N2CCC[C@H]2C(=O)N2C[C@H](O)C[C@H]2C(=O)NCC(=O)N[C@@H](Cc2ccccc2)C(=O)N[C@@H](CO)C(=O)N[C@H](Cc2ccccc2)C(=O)N[C@@H](CC(C)C)C(=O)N[C@@H](CCCN=C(N)N)C(=O)O)C1=O. The lowest BCUT2D eigenvalue weighted by Crippen LogP contribution is -2.60. The van der Waals surface area contributed by atoms with Crippen LogP contribution in [0.3, 0.4) is 0 Å². The molecule has 2 aromatic carbocycles. The number of thioether (sulfide) groups is 1. The topological polar surface area (TPSA) is 514 Å². The molecule has 3 saturated heterocycles. The number of benzene rings is 2. The normalized spacial score (nSPS) is 18.9. The number of carbonyl (C=O) groups excluding carboxylic acids is 11. The molecule has 0 aliphatic carbocycles. The lowest BCUT2D eigenvalue weighted by atomic mass is 10.00. The van der Waals surface area contributed by atoms with Gasteiger partial charge in [-0.2, -0.15) is 0 Å². The number of rotatable bonds is 40. The number of carboxylic acids is 1.